The molecule has 35 heteroatoms. The number of phenolic OH excluding ortho intramolecular Hbond substituents is 1. The van der Waals surface area contributed by atoms with Crippen LogP contribution in [0.1, 0.15) is 84.6 Å². The molecular weight excluding hydrogens is 1100 g/mol. The van der Waals surface area contributed by atoms with E-state index in [-0.39, 0.29) is 62.4 Å². The van der Waals surface area contributed by atoms with Crippen LogP contribution in [0.4, 0.5) is 39.5 Å². The highest BCUT2D eigenvalue weighted by Crippen LogP contribution is 2.22. The number of hydrogen-bond acceptors (Lipinski definition) is 13. The molecule has 2 rings (SSSR count). The molecule has 80 heavy (non-hydrogen) atoms. The second-order valence-corrected chi connectivity index (χ2v) is 17.7. The highest BCUT2D eigenvalue weighted by Gasteiger charge is 2.42. The maximum Gasteiger partial charge on any atom is 0.490 e. The van der Waals surface area contributed by atoms with E-state index in [0.717, 1.165) is 0 Å². The summed E-state index contributed by atoms with van der Waals surface area (Å²) >= 11 is 0. The molecule has 0 spiro atoms. The lowest BCUT2D eigenvalue weighted by molar-refractivity contribution is -0.193. The van der Waals surface area contributed by atoms with Gasteiger partial charge in [0, 0.05) is 26.1 Å². The molecule has 0 unspecified atom stereocenters. The quantitative estimate of drug-likeness (QED) is 0.0276. The molecule has 1 heterocycles. The Labute approximate surface area is 451 Å². The standard InChI is InChI=1S/C39H66N12O8.3C2HF3O2/c1-6-23(4)31(35(56)49-29(37(58)59)20-22(2)3)50-33(54)28(21-24-13-15-25(52)16-14-24)48-34(55)30-12-9-19-51(30)36(57)27(11-8-18-46-39(42)43)47-32(53)26(44-5)10-7-17-45-38(40)41;3*3-2(4,5)1(6)7/h13-16,22-23,26-31,44,52H,6-12,17-21H2,1-5H3,(H,47,53)(H,48,55)(H,49,56)(H,50,54)(H,58,59)(H4,40,41,45)(H4,42,43,46);3*(H,6,7)/t23-,26-,27-,28-,29-,30-,31-;;;/m0.../s1. The molecule has 1 fully saturated rings. The molecule has 7 atom stereocenters. The van der Waals surface area contributed by atoms with Crippen LogP contribution in [0.2, 0.25) is 0 Å². The fourth-order valence-corrected chi connectivity index (χ4v) is 6.70. The zero-order valence-corrected chi connectivity index (χ0v) is 43.9. The Kier molecular flexibility index (Phi) is 33.0. The van der Waals surface area contributed by atoms with Gasteiger partial charge in [0.05, 0.1) is 6.04 Å². The summed E-state index contributed by atoms with van der Waals surface area (Å²) in [4.78, 5) is 117. The molecule has 1 aromatic rings. The van der Waals surface area contributed by atoms with Gasteiger partial charge in [-0.15, -0.1) is 0 Å². The van der Waals surface area contributed by atoms with Gasteiger partial charge in [0.1, 0.15) is 36.0 Å². The van der Waals surface area contributed by atoms with Crippen molar-refractivity contribution in [1.29, 1.82) is 0 Å². The maximum absolute atomic E-state index is 14.2. The van der Waals surface area contributed by atoms with Gasteiger partial charge in [-0.2, -0.15) is 39.5 Å². The molecule has 1 aliphatic rings. The van der Waals surface area contributed by atoms with E-state index in [0.29, 0.717) is 44.2 Å². The highest BCUT2D eigenvalue weighted by atomic mass is 19.4. The van der Waals surface area contributed by atoms with E-state index >= 15 is 0 Å². The Morgan fingerprint density at radius 3 is 1.46 bits per heavy atom. The zero-order chi connectivity index (χ0) is 62.5. The molecule has 18 N–H and O–H groups in total. The van der Waals surface area contributed by atoms with E-state index in [4.69, 9.17) is 52.6 Å². The topological polar surface area (TPSA) is 447 Å². The number of alkyl halides is 9. The fraction of sp³-hybridized carbons (Fsp3) is 0.622. The normalized spacial score (nSPS) is 15.3. The van der Waals surface area contributed by atoms with Gasteiger partial charge in [0.25, 0.3) is 0 Å². The molecule has 456 valence electrons. The lowest BCUT2D eigenvalue weighted by Gasteiger charge is -2.31. The molecule has 0 aliphatic carbocycles. The second-order valence-electron chi connectivity index (χ2n) is 17.7. The third-order valence-electron chi connectivity index (χ3n) is 10.9. The van der Waals surface area contributed by atoms with Crippen LogP contribution in [0.5, 0.6) is 5.75 Å². The van der Waals surface area contributed by atoms with Gasteiger partial charge in [-0.1, -0.05) is 46.2 Å². The highest BCUT2D eigenvalue weighted by molar-refractivity contribution is 5.97. The number of rotatable bonds is 25. The van der Waals surface area contributed by atoms with Crippen LogP contribution in [0.15, 0.2) is 34.3 Å². The van der Waals surface area contributed by atoms with Crippen LogP contribution >= 0.6 is 0 Å². The molecule has 1 aliphatic heterocycles. The van der Waals surface area contributed by atoms with Crippen molar-refractivity contribution in [3.63, 3.8) is 0 Å². The molecule has 26 nitrogen and oxygen atoms in total. The number of carboxylic acid groups (broad SMARTS) is 4. The number of carboxylic acids is 4. The minimum atomic E-state index is -5.08. The van der Waals surface area contributed by atoms with Crippen molar-refractivity contribution in [1.82, 2.24) is 31.5 Å². The lowest BCUT2D eigenvalue weighted by Crippen LogP contribution is -2.60. The van der Waals surface area contributed by atoms with E-state index in [1.807, 2.05) is 20.8 Å². The smallest absolute Gasteiger partial charge is 0.490 e. The Bertz CT molecular complexity index is 2190. The molecule has 0 saturated carbocycles. The Morgan fingerprint density at radius 1 is 0.650 bits per heavy atom. The number of likely N-dealkylation sites (tertiary alicyclic amines) is 1. The number of halogens is 9. The largest absolute Gasteiger partial charge is 0.508 e. The number of aliphatic imine (C=N–C) groups is 2. The van der Waals surface area contributed by atoms with Gasteiger partial charge < -0.3 is 80.0 Å². The average Bonchev–Trinajstić information content (AvgIpc) is 3.84. The monoisotopic (exact) mass is 1170 g/mol. The number of carbonyl (C=O) groups is 9. The number of hydrogen-bond donors (Lipinski definition) is 14. The summed E-state index contributed by atoms with van der Waals surface area (Å²) in [6, 6.07) is -0.250. The third-order valence-corrected chi connectivity index (χ3v) is 10.9. The Balaban J connectivity index is 0. The van der Waals surface area contributed by atoms with Gasteiger partial charge in [-0.25, -0.2) is 19.2 Å². The van der Waals surface area contributed by atoms with Crippen molar-refractivity contribution in [3.05, 3.63) is 29.8 Å². The molecule has 0 aromatic heterocycles. The van der Waals surface area contributed by atoms with Gasteiger partial charge in [0.15, 0.2) is 11.9 Å². The number of likely N-dealkylation sites (N-methyl/N-ethyl adjacent to an activating group) is 1. The number of phenols is 1. The predicted octanol–water partition coefficient (Wildman–Crippen LogP) is 0.637. The summed E-state index contributed by atoms with van der Waals surface area (Å²) in [6.45, 7) is 7.94. The first-order chi connectivity index (χ1) is 36.7. The third kappa shape index (κ3) is 30.9. The number of amides is 5. The van der Waals surface area contributed by atoms with Crippen LogP contribution < -0.4 is 49.5 Å². The van der Waals surface area contributed by atoms with Crippen LogP contribution in [0, 0.1) is 11.8 Å². The summed E-state index contributed by atoms with van der Waals surface area (Å²) < 4.78 is 95.2. The van der Waals surface area contributed by atoms with Gasteiger partial charge >= 0.3 is 42.4 Å². The Morgan fingerprint density at radius 2 is 1.07 bits per heavy atom. The number of nitrogens with one attached hydrogen (secondary N) is 5. The van der Waals surface area contributed by atoms with Crippen molar-refractivity contribution in [2.24, 2.45) is 44.8 Å². The Hall–Kier alpha value is -7.88. The minimum Gasteiger partial charge on any atom is -0.508 e. The van der Waals surface area contributed by atoms with Crippen molar-refractivity contribution < 1.29 is 108 Å². The molecule has 1 aromatic carbocycles. The molecular formula is C45H69F9N12O14. The van der Waals surface area contributed by atoms with Crippen molar-refractivity contribution >= 4 is 65.3 Å². The zero-order valence-electron chi connectivity index (χ0n) is 43.9. The second kappa shape index (κ2) is 35.6. The van der Waals surface area contributed by atoms with Gasteiger partial charge in [-0.05, 0) is 81.5 Å². The number of aromatic hydroxyl groups is 1. The first-order valence-corrected chi connectivity index (χ1v) is 23.9. The van der Waals surface area contributed by atoms with Crippen LogP contribution in [0.3, 0.4) is 0 Å². The van der Waals surface area contributed by atoms with Gasteiger partial charge in [-0.3, -0.25) is 34.0 Å². The first kappa shape index (κ1) is 74.2. The number of carbonyl (C=O) groups excluding carboxylic acids is 5. The molecule has 5 amide bonds. The fourth-order valence-electron chi connectivity index (χ4n) is 6.70. The number of nitrogens with zero attached hydrogens (tertiary/aromatic N) is 3. The SMILES string of the molecule is CC[C@H](C)[C@H](NC(=O)[C@H](Cc1ccc(O)cc1)NC(=O)[C@@H]1CCCN1C(=O)[C@H](CCCN=C(N)N)NC(=O)[C@H](CCCN=C(N)N)NC)C(=O)N[C@@H](CC(C)C)C(=O)O.O=C(O)C(F)(F)F.O=C(O)C(F)(F)F.O=C(O)C(F)(F)F. The van der Waals surface area contributed by atoms with Crippen molar-refractivity contribution in [3.8, 4) is 5.75 Å². The summed E-state index contributed by atoms with van der Waals surface area (Å²) in [6.07, 6.45) is -12.6. The summed E-state index contributed by atoms with van der Waals surface area (Å²) in [5, 5.41) is 54.9. The van der Waals surface area contributed by atoms with E-state index in [2.05, 4.69) is 36.6 Å². The summed E-state index contributed by atoms with van der Waals surface area (Å²) in [5.41, 5.74) is 22.4. The molecule has 0 bridgehead atoms. The minimum absolute atomic E-state index is 0.00582. The maximum atomic E-state index is 14.2. The predicted molar refractivity (Wildman–Crippen MR) is 265 cm³/mol. The van der Waals surface area contributed by atoms with E-state index in [1.54, 1.807) is 26.1 Å². The van der Waals surface area contributed by atoms with Crippen LogP contribution in [-0.4, -0.2) is 177 Å². The van der Waals surface area contributed by atoms with E-state index in [1.165, 1.54) is 17.0 Å². The van der Waals surface area contributed by atoms with E-state index in [9.17, 15) is 78.5 Å². The summed E-state index contributed by atoms with van der Waals surface area (Å²) in [5.74, 6) is -13.1. The number of benzene rings is 1. The van der Waals surface area contributed by atoms with Crippen LogP contribution in [0.25, 0.3) is 0 Å². The average molecular weight is 1170 g/mol. The number of guanidine groups is 2. The molecule has 1 saturated heterocycles. The first-order valence-electron chi connectivity index (χ1n) is 23.9. The van der Waals surface area contributed by atoms with Gasteiger partial charge in [0.2, 0.25) is 29.5 Å². The lowest BCUT2D eigenvalue weighted by atomic mass is 9.96. The van der Waals surface area contributed by atoms with Crippen molar-refractivity contribution in [2.45, 2.75) is 140 Å². The summed E-state index contributed by atoms with van der Waals surface area (Å²) in [7, 11) is 1.61. The van der Waals surface area contributed by atoms with E-state index < -0.39 is 114 Å². The number of aliphatic carboxylic acids is 4. The van der Waals surface area contributed by atoms with Crippen LogP contribution in [-0.2, 0) is 49.6 Å². The molecule has 0 radical (unpaired) electrons. The number of nitrogens with two attached hydrogens (primary N) is 4. The van der Waals surface area contributed by atoms with Crippen molar-refractivity contribution in [2.75, 3.05) is 26.7 Å².